The number of methoxy groups -OCH3 is 1. The number of β-lactam (4-membered cyclic amide) rings is 1. The molecule has 1 saturated heterocycles. The van der Waals surface area contributed by atoms with Crippen molar-refractivity contribution >= 4 is 34.8 Å². The van der Waals surface area contributed by atoms with Gasteiger partial charge in [0.1, 0.15) is 12.4 Å². The van der Waals surface area contributed by atoms with Crippen LogP contribution in [0.4, 0.5) is 0 Å². The Morgan fingerprint density at radius 1 is 1.09 bits per heavy atom. The van der Waals surface area contributed by atoms with Gasteiger partial charge in [-0.05, 0) is 42.3 Å². The summed E-state index contributed by atoms with van der Waals surface area (Å²) in [5.74, 6) is -2.56. The lowest BCUT2D eigenvalue weighted by atomic mass is 9.98. The zero-order chi connectivity index (χ0) is 25.4. The van der Waals surface area contributed by atoms with Crippen LogP contribution < -0.4 is 4.74 Å². The van der Waals surface area contributed by atoms with Gasteiger partial charge < -0.3 is 18.9 Å². The van der Waals surface area contributed by atoms with Crippen LogP contribution in [0.1, 0.15) is 33.2 Å². The third-order valence-corrected chi connectivity index (χ3v) is 6.77. The van der Waals surface area contributed by atoms with Crippen LogP contribution >= 0.6 is 0 Å². The van der Waals surface area contributed by atoms with Crippen molar-refractivity contribution in [3.05, 3.63) is 77.4 Å². The fraction of sp³-hybridized carbons (Fsp3) is 0.250. The summed E-state index contributed by atoms with van der Waals surface area (Å²) in [7, 11) is 1.52. The zero-order valence-corrected chi connectivity index (χ0v) is 19.7. The summed E-state index contributed by atoms with van der Waals surface area (Å²) in [6.45, 7) is 5.08. The first kappa shape index (κ1) is 24.3. The van der Waals surface area contributed by atoms with E-state index in [0.717, 1.165) is 4.90 Å². The number of fused-ring (bicyclic) bond motifs is 1. The summed E-state index contributed by atoms with van der Waals surface area (Å²) in [5, 5.41) is -1.53. The Hall–Kier alpha value is -3.83. The molecule has 182 valence electrons. The third-order valence-electron chi connectivity index (χ3n) is 5.87. The first-order chi connectivity index (χ1) is 16.7. The van der Waals surface area contributed by atoms with Crippen LogP contribution in [0.25, 0.3) is 0 Å². The van der Waals surface area contributed by atoms with Gasteiger partial charge >= 0.3 is 5.97 Å². The van der Waals surface area contributed by atoms with Crippen molar-refractivity contribution in [1.82, 2.24) is 9.80 Å². The van der Waals surface area contributed by atoms with E-state index in [1.807, 2.05) is 0 Å². The molecule has 3 amide bonds. The monoisotopic (exact) mass is 498 g/mol. The summed E-state index contributed by atoms with van der Waals surface area (Å²) in [6, 6.07) is 9.87. The normalized spacial score (nSPS) is 20.7. The number of carbonyl (C=O) groups is 4. The molecule has 0 spiro atoms. The van der Waals surface area contributed by atoms with Crippen molar-refractivity contribution in [3.63, 3.8) is 0 Å². The van der Waals surface area contributed by atoms with Gasteiger partial charge in [0.15, 0.2) is 28.5 Å². The maximum Gasteiger partial charge on any atom is 0.333 e. The van der Waals surface area contributed by atoms with Crippen molar-refractivity contribution in [1.29, 1.82) is 0 Å². The highest BCUT2D eigenvalue weighted by Gasteiger charge is 2.62. The summed E-state index contributed by atoms with van der Waals surface area (Å²) < 4.78 is 32.7. The minimum absolute atomic E-state index is 0.0987. The molecule has 0 aliphatic carbocycles. The number of carbonyl (C=O) groups excluding carboxylic acids is 4. The number of imide groups is 1. The predicted molar refractivity (Wildman–Crippen MR) is 124 cm³/mol. The highest BCUT2D eigenvalue weighted by Crippen LogP contribution is 2.36. The quantitative estimate of drug-likeness (QED) is 0.192. The second-order valence-electron chi connectivity index (χ2n) is 8.09. The molecule has 10 nitrogen and oxygen atoms in total. The molecule has 4 unspecified atom stereocenters. The van der Waals surface area contributed by atoms with Gasteiger partial charge in [0.25, 0.3) is 17.7 Å². The summed E-state index contributed by atoms with van der Waals surface area (Å²) in [4.78, 5) is 53.3. The summed E-state index contributed by atoms with van der Waals surface area (Å²) in [5.41, 5.74) is 1.04. The highest BCUT2D eigenvalue weighted by molar-refractivity contribution is 7.80. The number of amides is 3. The summed E-state index contributed by atoms with van der Waals surface area (Å²) in [6.07, 6.45) is 0. The maximum atomic E-state index is 13.2. The Bertz CT molecular complexity index is 1220. The fourth-order valence-corrected chi connectivity index (χ4v) is 5.04. The summed E-state index contributed by atoms with van der Waals surface area (Å²) >= 11 is -2.70. The molecular formula is C24H22N2O8S. The lowest BCUT2D eigenvalue weighted by molar-refractivity contribution is -0.165. The third kappa shape index (κ3) is 4.13. The van der Waals surface area contributed by atoms with Crippen molar-refractivity contribution in [2.75, 3.05) is 7.11 Å². The van der Waals surface area contributed by atoms with Gasteiger partial charge in [0, 0.05) is 0 Å². The molecule has 4 atom stereocenters. The highest BCUT2D eigenvalue weighted by atomic mass is 32.2. The Morgan fingerprint density at radius 3 is 2.14 bits per heavy atom. The van der Waals surface area contributed by atoms with Crippen LogP contribution in [0, 0.1) is 0 Å². The van der Waals surface area contributed by atoms with Crippen molar-refractivity contribution in [3.8, 4) is 5.75 Å². The van der Waals surface area contributed by atoms with Crippen molar-refractivity contribution in [2.45, 2.75) is 31.0 Å². The molecule has 2 aromatic rings. The maximum absolute atomic E-state index is 13.2. The minimum Gasteiger partial charge on any atom is -0.497 e. The van der Waals surface area contributed by atoms with Crippen LogP contribution in [0.2, 0.25) is 0 Å². The smallest absolute Gasteiger partial charge is 0.333 e. The number of hydrogen-bond acceptors (Lipinski definition) is 7. The van der Waals surface area contributed by atoms with Gasteiger partial charge in [-0.3, -0.25) is 19.3 Å². The molecule has 2 aromatic carbocycles. The average Bonchev–Trinajstić information content (AvgIpc) is 3.08. The number of likely N-dealkylation sites (tertiary alicyclic amines) is 1. The predicted octanol–water partition coefficient (Wildman–Crippen LogP) is 1.74. The number of esters is 1. The molecule has 2 heterocycles. The lowest BCUT2D eigenvalue weighted by Crippen LogP contribution is -2.75. The first-order valence-electron chi connectivity index (χ1n) is 10.5. The lowest BCUT2D eigenvalue weighted by Gasteiger charge is -2.50. The van der Waals surface area contributed by atoms with E-state index in [-0.39, 0.29) is 23.3 Å². The molecular weight excluding hydrogens is 476 g/mol. The van der Waals surface area contributed by atoms with E-state index < -0.39 is 52.2 Å². The molecule has 2 aliphatic heterocycles. The van der Waals surface area contributed by atoms with Gasteiger partial charge in [-0.15, -0.1) is 0 Å². The van der Waals surface area contributed by atoms with Crippen molar-refractivity contribution < 1.29 is 37.4 Å². The van der Waals surface area contributed by atoms with E-state index in [1.54, 1.807) is 36.4 Å². The molecule has 0 saturated carbocycles. The van der Waals surface area contributed by atoms with Gasteiger partial charge in [-0.2, -0.15) is 0 Å². The number of ether oxygens (including phenoxy) is 2. The fourth-order valence-electron chi connectivity index (χ4n) is 4.16. The zero-order valence-electron chi connectivity index (χ0n) is 18.9. The van der Waals surface area contributed by atoms with E-state index in [9.17, 15) is 27.9 Å². The van der Waals surface area contributed by atoms with Crippen LogP contribution in [-0.2, 0) is 32.0 Å². The van der Waals surface area contributed by atoms with E-state index in [0.29, 0.717) is 16.2 Å². The van der Waals surface area contributed by atoms with E-state index in [1.165, 1.54) is 26.2 Å². The van der Waals surface area contributed by atoms with Crippen LogP contribution in [0.3, 0.4) is 0 Å². The van der Waals surface area contributed by atoms with E-state index in [4.69, 9.17) is 9.47 Å². The van der Waals surface area contributed by atoms with Crippen LogP contribution in [-0.4, -0.2) is 66.8 Å². The Morgan fingerprint density at radius 2 is 1.66 bits per heavy atom. The van der Waals surface area contributed by atoms with Gasteiger partial charge in [-0.25, -0.2) is 9.00 Å². The Balaban J connectivity index is 1.55. The largest absolute Gasteiger partial charge is 0.497 e. The van der Waals surface area contributed by atoms with E-state index in [2.05, 4.69) is 6.58 Å². The second-order valence-corrected chi connectivity index (χ2v) is 9.12. The Kier molecular flexibility index (Phi) is 6.55. The molecule has 0 aromatic heterocycles. The van der Waals surface area contributed by atoms with Crippen LogP contribution in [0.15, 0.2) is 60.7 Å². The SMILES string of the molecule is C=C(C)C(C(=O)OCc1ccc(OC)cc1)N1C(=O)C(N2C(=O)c3ccccc3C2=O)C1S(=O)O. The molecule has 4 rings (SSSR count). The molecule has 1 N–H and O–H groups in total. The standard InChI is InChI=1S/C24H22N2O8S/c1-13(2)18(24(30)34-12-14-8-10-15(33-3)11-9-14)26-22(29)19(23(26)35(31)32)25-20(27)16-6-4-5-7-17(16)21(25)28/h4-11,18-19,23H,1,12H2,2-3H3,(H,31,32). The minimum atomic E-state index is -2.70. The first-order valence-corrected chi connectivity index (χ1v) is 11.7. The van der Waals surface area contributed by atoms with Gasteiger partial charge in [0.2, 0.25) is 0 Å². The van der Waals surface area contributed by atoms with Gasteiger partial charge in [-0.1, -0.05) is 30.8 Å². The number of hydrogen-bond donors (Lipinski definition) is 1. The average molecular weight is 499 g/mol. The Labute approximate surface area is 203 Å². The van der Waals surface area contributed by atoms with Crippen LogP contribution in [0.5, 0.6) is 5.75 Å². The molecule has 0 radical (unpaired) electrons. The van der Waals surface area contributed by atoms with E-state index >= 15 is 0 Å². The molecule has 11 heteroatoms. The van der Waals surface area contributed by atoms with Crippen molar-refractivity contribution in [2.24, 2.45) is 0 Å². The number of benzene rings is 2. The molecule has 2 aliphatic rings. The molecule has 0 bridgehead atoms. The second kappa shape index (κ2) is 9.43. The number of nitrogens with zero attached hydrogens (tertiary/aromatic N) is 2. The molecule has 35 heavy (non-hydrogen) atoms. The van der Waals surface area contributed by atoms with Gasteiger partial charge in [0.05, 0.1) is 18.2 Å². The topological polar surface area (TPSA) is 131 Å². The number of rotatable bonds is 8. The molecule has 1 fully saturated rings.